The number of furan rings is 1. The van der Waals surface area contributed by atoms with Crippen molar-refractivity contribution in [3.8, 4) is 0 Å². The van der Waals surface area contributed by atoms with E-state index < -0.39 is 17.5 Å². The number of hydrogen-bond acceptors (Lipinski definition) is 5. The standard InChI is InChI=1S/C22H23NO6/c1-12-11-28-18-9-19-17(8-16(12)18)13(2)15(22(27)29-19)5-6-20(24)23-7-3-4-14(10-23)21(25)26/h8-9,11,14H,3-7,10H2,1-2H3,(H,25,26)/t14-/m1/s1. The first kappa shape index (κ1) is 19.2. The fraction of sp³-hybridized carbons (Fsp3) is 0.409. The van der Waals surface area contributed by atoms with Crippen LogP contribution in [0, 0.1) is 19.8 Å². The zero-order valence-corrected chi connectivity index (χ0v) is 16.5. The molecule has 0 bridgehead atoms. The first-order chi connectivity index (χ1) is 13.8. The number of likely N-dealkylation sites (tertiary alicyclic amines) is 1. The summed E-state index contributed by atoms with van der Waals surface area (Å²) < 4.78 is 11.0. The van der Waals surface area contributed by atoms with Crippen LogP contribution in [0.5, 0.6) is 0 Å². The molecule has 152 valence electrons. The number of rotatable bonds is 4. The van der Waals surface area contributed by atoms with E-state index in [9.17, 15) is 19.5 Å². The fourth-order valence-electron chi connectivity index (χ4n) is 4.12. The molecule has 1 atom stereocenters. The van der Waals surface area contributed by atoms with Gasteiger partial charge in [-0.2, -0.15) is 0 Å². The average molecular weight is 397 g/mol. The predicted octanol–water partition coefficient (Wildman–Crippen LogP) is 3.41. The third-order valence-corrected chi connectivity index (χ3v) is 5.89. The van der Waals surface area contributed by atoms with E-state index in [0.717, 1.165) is 21.9 Å². The van der Waals surface area contributed by atoms with Gasteiger partial charge in [0.05, 0.1) is 12.2 Å². The number of aryl methyl sites for hydroxylation is 2. The Balaban J connectivity index is 1.58. The van der Waals surface area contributed by atoms with Crippen LogP contribution in [0.1, 0.15) is 36.0 Å². The Kier molecular flexibility index (Phi) is 4.90. The molecule has 1 fully saturated rings. The Labute approximate surface area is 166 Å². The number of amides is 1. The second kappa shape index (κ2) is 7.39. The van der Waals surface area contributed by atoms with Crippen molar-refractivity contribution in [3.63, 3.8) is 0 Å². The summed E-state index contributed by atoms with van der Waals surface area (Å²) in [4.78, 5) is 37.9. The molecule has 2 aromatic heterocycles. The number of carboxylic acids is 1. The molecule has 1 aliphatic rings. The highest BCUT2D eigenvalue weighted by Gasteiger charge is 2.28. The Morgan fingerprint density at radius 3 is 2.76 bits per heavy atom. The van der Waals surface area contributed by atoms with E-state index in [0.29, 0.717) is 36.1 Å². The van der Waals surface area contributed by atoms with Crippen LogP contribution >= 0.6 is 0 Å². The van der Waals surface area contributed by atoms with Gasteiger partial charge >= 0.3 is 11.6 Å². The average Bonchev–Trinajstić information content (AvgIpc) is 3.06. The number of piperidine rings is 1. The number of hydrogen-bond donors (Lipinski definition) is 1. The molecule has 0 unspecified atom stereocenters. The van der Waals surface area contributed by atoms with Gasteiger partial charge in [-0.15, -0.1) is 0 Å². The molecule has 1 saturated heterocycles. The maximum absolute atomic E-state index is 12.6. The summed E-state index contributed by atoms with van der Waals surface area (Å²) in [6.45, 7) is 4.61. The number of fused-ring (bicyclic) bond motifs is 2. The first-order valence-corrected chi connectivity index (χ1v) is 9.80. The van der Waals surface area contributed by atoms with Gasteiger partial charge in [0, 0.05) is 41.9 Å². The van der Waals surface area contributed by atoms with Crippen LogP contribution in [0.3, 0.4) is 0 Å². The summed E-state index contributed by atoms with van der Waals surface area (Å²) in [6, 6.07) is 3.68. The van der Waals surface area contributed by atoms with Gasteiger partial charge < -0.3 is 18.8 Å². The summed E-state index contributed by atoms with van der Waals surface area (Å²) in [5.74, 6) is -1.51. The number of benzene rings is 1. The summed E-state index contributed by atoms with van der Waals surface area (Å²) in [5.41, 5.74) is 2.96. The van der Waals surface area contributed by atoms with Crippen molar-refractivity contribution in [1.29, 1.82) is 0 Å². The lowest BCUT2D eigenvalue weighted by molar-refractivity contribution is -0.145. The quantitative estimate of drug-likeness (QED) is 0.677. The second-order valence-electron chi connectivity index (χ2n) is 7.77. The van der Waals surface area contributed by atoms with E-state index in [2.05, 4.69) is 0 Å². The topological polar surface area (TPSA) is 101 Å². The van der Waals surface area contributed by atoms with Gasteiger partial charge in [0.15, 0.2) is 0 Å². The largest absolute Gasteiger partial charge is 0.481 e. The van der Waals surface area contributed by atoms with Crippen molar-refractivity contribution >= 4 is 33.8 Å². The van der Waals surface area contributed by atoms with Gasteiger partial charge in [0.2, 0.25) is 5.91 Å². The van der Waals surface area contributed by atoms with E-state index in [1.165, 1.54) is 0 Å². The van der Waals surface area contributed by atoms with E-state index in [1.807, 2.05) is 19.9 Å². The second-order valence-corrected chi connectivity index (χ2v) is 7.77. The molecule has 1 aliphatic heterocycles. The van der Waals surface area contributed by atoms with Crippen molar-refractivity contribution in [2.24, 2.45) is 5.92 Å². The molecule has 7 nitrogen and oxygen atoms in total. The smallest absolute Gasteiger partial charge is 0.339 e. The van der Waals surface area contributed by atoms with Crippen molar-refractivity contribution in [2.45, 2.75) is 39.5 Å². The Hall–Kier alpha value is -3.09. The van der Waals surface area contributed by atoms with Crippen LogP contribution < -0.4 is 5.63 Å². The summed E-state index contributed by atoms with van der Waals surface area (Å²) in [5, 5.41) is 11.0. The molecule has 4 rings (SSSR count). The minimum atomic E-state index is -0.866. The highest BCUT2D eigenvalue weighted by atomic mass is 16.4. The van der Waals surface area contributed by atoms with Crippen molar-refractivity contribution in [1.82, 2.24) is 4.90 Å². The molecule has 29 heavy (non-hydrogen) atoms. The van der Waals surface area contributed by atoms with Gasteiger partial charge in [-0.3, -0.25) is 9.59 Å². The van der Waals surface area contributed by atoms with E-state index in [-0.39, 0.29) is 25.3 Å². The third kappa shape index (κ3) is 3.52. The summed E-state index contributed by atoms with van der Waals surface area (Å²) in [7, 11) is 0. The highest BCUT2D eigenvalue weighted by molar-refractivity contribution is 5.96. The Morgan fingerprint density at radius 2 is 2.00 bits per heavy atom. The minimum Gasteiger partial charge on any atom is -0.481 e. The van der Waals surface area contributed by atoms with Gasteiger partial charge in [-0.1, -0.05) is 0 Å². The number of carbonyl (C=O) groups excluding carboxylic acids is 1. The first-order valence-electron chi connectivity index (χ1n) is 9.80. The van der Waals surface area contributed by atoms with Crippen LogP contribution in [0.4, 0.5) is 0 Å². The minimum absolute atomic E-state index is 0.129. The number of aliphatic carboxylic acids is 1. The molecule has 0 saturated carbocycles. The molecular formula is C22H23NO6. The zero-order chi connectivity index (χ0) is 20.7. The van der Waals surface area contributed by atoms with Crippen LogP contribution in [0.2, 0.25) is 0 Å². The molecule has 3 aromatic rings. The van der Waals surface area contributed by atoms with E-state index in [1.54, 1.807) is 17.2 Å². The summed E-state index contributed by atoms with van der Waals surface area (Å²) >= 11 is 0. The number of carboxylic acid groups (broad SMARTS) is 1. The molecule has 1 N–H and O–H groups in total. The molecule has 0 radical (unpaired) electrons. The van der Waals surface area contributed by atoms with Crippen LogP contribution in [0.15, 0.2) is 32.0 Å². The van der Waals surface area contributed by atoms with Gasteiger partial charge in [-0.05, 0) is 50.3 Å². The van der Waals surface area contributed by atoms with Crippen molar-refractivity contribution in [2.75, 3.05) is 13.1 Å². The highest BCUT2D eigenvalue weighted by Crippen LogP contribution is 2.29. The summed E-state index contributed by atoms with van der Waals surface area (Å²) in [6.07, 6.45) is 3.35. The van der Waals surface area contributed by atoms with Crippen molar-refractivity contribution < 1.29 is 23.5 Å². The normalized spacial score (nSPS) is 17.2. The monoisotopic (exact) mass is 397 g/mol. The molecule has 0 spiro atoms. The van der Waals surface area contributed by atoms with Crippen molar-refractivity contribution in [3.05, 3.63) is 45.5 Å². The maximum atomic E-state index is 12.6. The molecule has 1 aromatic carbocycles. The number of nitrogens with zero attached hydrogens (tertiary/aromatic N) is 1. The Morgan fingerprint density at radius 1 is 1.21 bits per heavy atom. The van der Waals surface area contributed by atoms with Crippen LogP contribution in [-0.4, -0.2) is 35.0 Å². The molecule has 1 amide bonds. The Bertz CT molecular complexity index is 1170. The van der Waals surface area contributed by atoms with Crippen LogP contribution in [-0.2, 0) is 16.0 Å². The lowest BCUT2D eigenvalue weighted by atomic mass is 9.97. The van der Waals surface area contributed by atoms with Gasteiger partial charge in [-0.25, -0.2) is 4.79 Å². The lowest BCUT2D eigenvalue weighted by Gasteiger charge is -2.30. The van der Waals surface area contributed by atoms with Gasteiger partial charge in [0.25, 0.3) is 0 Å². The predicted molar refractivity (Wildman–Crippen MR) is 107 cm³/mol. The third-order valence-electron chi connectivity index (χ3n) is 5.89. The zero-order valence-electron chi connectivity index (χ0n) is 16.5. The fourth-order valence-corrected chi connectivity index (χ4v) is 4.12. The molecule has 3 heterocycles. The van der Waals surface area contributed by atoms with Gasteiger partial charge in [0.1, 0.15) is 11.2 Å². The SMILES string of the molecule is Cc1coc2cc3oc(=O)c(CCC(=O)N4CCC[C@@H](C(=O)O)C4)c(C)c3cc12. The van der Waals surface area contributed by atoms with Crippen LogP contribution in [0.25, 0.3) is 21.9 Å². The maximum Gasteiger partial charge on any atom is 0.339 e. The number of carbonyl (C=O) groups is 2. The molecular weight excluding hydrogens is 374 g/mol. The molecule has 0 aliphatic carbocycles. The van der Waals surface area contributed by atoms with E-state index in [4.69, 9.17) is 8.83 Å². The molecule has 7 heteroatoms. The van der Waals surface area contributed by atoms with E-state index >= 15 is 0 Å². The lowest BCUT2D eigenvalue weighted by Crippen LogP contribution is -2.42.